The van der Waals surface area contributed by atoms with E-state index in [4.69, 9.17) is 0 Å². The Kier molecular flexibility index (Phi) is 5.06. The van der Waals surface area contributed by atoms with Gasteiger partial charge < -0.3 is 14.7 Å². The number of carbonyl (C=O) groups excluding carboxylic acids is 2. The lowest BCUT2D eigenvalue weighted by molar-refractivity contribution is -0.123. The molecule has 0 atom stereocenters. The average molecular weight is 303 g/mol. The summed E-state index contributed by atoms with van der Waals surface area (Å²) < 4.78 is 0. The van der Waals surface area contributed by atoms with E-state index in [1.165, 1.54) is 5.56 Å². The zero-order valence-corrected chi connectivity index (χ0v) is 13.9. The quantitative estimate of drug-likeness (QED) is 0.842. The first kappa shape index (κ1) is 16.3. The molecule has 120 valence electrons. The van der Waals surface area contributed by atoms with Crippen LogP contribution in [0.3, 0.4) is 0 Å². The monoisotopic (exact) mass is 303 g/mol. The third kappa shape index (κ3) is 3.59. The van der Waals surface area contributed by atoms with Crippen LogP contribution in [-0.4, -0.2) is 56.0 Å². The van der Waals surface area contributed by atoms with Gasteiger partial charge in [0.05, 0.1) is 0 Å². The van der Waals surface area contributed by atoms with Gasteiger partial charge in [0.1, 0.15) is 0 Å². The first-order valence-corrected chi connectivity index (χ1v) is 7.70. The summed E-state index contributed by atoms with van der Waals surface area (Å²) in [6.45, 7) is 3.33. The highest BCUT2D eigenvalue weighted by Crippen LogP contribution is 2.23. The number of piperidine rings is 1. The number of hydrogen-bond acceptors (Lipinski definition) is 2. The van der Waals surface area contributed by atoms with Crippen molar-refractivity contribution in [3.8, 4) is 0 Å². The van der Waals surface area contributed by atoms with Crippen LogP contribution in [0.4, 0.5) is 10.5 Å². The zero-order chi connectivity index (χ0) is 16.3. The molecule has 0 bridgehead atoms. The largest absolute Gasteiger partial charge is 0.331 e. The molecule has 0 unspecified atom stereocenters. The van der Waals surface area contributed by atoms with Gasteiger partial charge in [-0.1, -0.05) is 17.7 Å². The van der Waals surface area contributed by atoms with Crippen LogP contribution < -0.4 is 4.90 Å². The molecule has 5 heteroatoms. The highest BCUT2D eigenvalue weighted by molar-refractivity contribution is 5.94. The Morgan fingerprint density at radius 2 is 1.59 bits per heavy atom. The smallest absolute Gasteiger partial charge is 0.319 e. The van der Waals surface area contributed by atoms with Crippen LogP contribution in [-0.2, 0) is 4.79 Å². The van der Waals surface area contributed by atoms with Gasteiger partial charge in [0.2, 0.25) is 5.91 Å². The summed E-state index contributed by atoms with van der Waals surface area (Å²) in [5, 5.41) is 0. The molecule has 0 saturated carbocycles. The molecule has 3 amide bonds. The standard InChI is InChI=1S/C17H25N3O2/c1-13-5-7-15(8-6-13)19(4)16(21)14-9-11-20(12-10-14)17(22)18(2)3/h5-8,14H,9-12H2,1-4H3. The van der Waals surface area contributed by atoms with Crippen LogP contribution in [0.5, 0.6) is 0 Å². The number of anilines is 1. The Labute approximate surface area is 132 Å². The molecule has 5 nitrogen and oxygen atoms in total. The number of benzene rings is 1. The molecular formula is C17H25N3O2. The van der Waals surface area contributed by atoms with Crippen molar-refractivity contribution >= 4 is 17.6 Å². The molecule has 0 spiro atoms. The van der Waals surface area contributed by atoms with Gasteiger partial charge in [-0.05, 0) is 31.9 Å². The Morgan fingerprint density at radius 3 is 2.09 bits per heavy atom. The highest BCUT2D eigenvalue weighted by atomic mass is 16.2. The van der Waals surface area contributed by atoms with Crippen LogP contribution >= 0.6 is 0 Å². The van der Waals surface area contributed by atoms with Crippen molar-refractivity contribution in [2.45, 2.75) is 19.8 Å². The van der Waals surface area contributed by atoms with Gasteiger partial charge in [-0.2, -0.15) is 0 Å². The fourth-order valence-electron chi connectivity index (χ4n) is 2.77. The number of likely N-dealkylation sites (tertiary alicyclic amines) is 1. The predicted octanol–water partition coefficient (Wildman–Crippen LogP) is 2.35. The van der Waals surface area contributed by atoms with Crippen molar-refractivity contribution in [2.24, 2.45) is 5.92 Å². The van der Waals surface area contributed by atoms with Crippen LogP contribution in [0.2, 0.25) is 0 Å². The van der Waals surface area contributed by atoms with Crippen LogP contribution in [0.25, 0.3) is 0 Å². The van der Waals surface area contributed by atoms with E-state index in [0.29, 0.717) is 13.1 Å². The summed E-state index contributed by atoms with van der Waals surface area (Å²) in [6, 6.07) is 7.99. The number of hydrogen-bond donors (Lipinski definition) is 0. The number of urea groups is 1. The number of aryl methyl sites for hydroxylation is 1. The molecule has 1 fully saturated rings. The van der Waals surface area contributed by atoms with E-state index >= 15 is 0 Å². The fourth-order valence-corrected chi connectivity index (χ4v) is 2.77. The number of nitrogens with zero attached hydrogens (tertiary/aromatic N) is 3. The minimum atomic E-state index is -0.00230. The normalized spacial score (nSPS) is 15.5. The van der Waals surface area contributed by atoms with Crippen LogP contribution in [0.1, 0.15) is 18.4 Å². The Bertz CT molecular complexity index is 531. The maximum atomic E-state index is 12.6. The van der Waals surface area contributed by atoms with Crippen molar-refractivity contribution in [3.63, 3.8) is 0 Å². The summed E-state index contributed by atoms with van der Waals surface area (Å²) in [5.41, 5.74) is 2.10. The Morgan fingerprint density at radius 1 is 1.05 bits per heavy atom. The minimum absolute atomic E-state index is 0.00230. The number of carbonyl (C=O) groups is 2. The molecule has 1 heterocycles. The molecule has 0 aromatic heterocycles. The van der Waals surface area contributed by atoms with E-state index < -0.39 is 0 Å². The van der Waals surface area contributed by atoms with Gasteiger partial charge in [-0.3, -0.25) is 4.79 Å². The van der Waals surface area contributed by atoms with Crippen molar-refractivity contribution in [2.75, 3.05) is 39.1 Å². The molecule has 1 aromatic rings. The lowest BCUT2D eigenvalue weighted by Crippen LogP contribution is -2.46. The molecule has 0 N–H and O–H groups in total. The molecule has 0 aliphatic carbocycles. The third-order valence-electron chi connectivity index (χ3n) is 4.25. The van der Waals surface area contributed by atoms with Gasteiger partial charge in [-0.25, -0.2) is 4.79 Å². The van der Waals surface area contributed by atoms with Gasteiger partial charge in [-0.15, -0.1) is 0 Å². The molecule has 1 aliphatic rings. The van der Waals surface area contributed by atoms with Crippen molar-refractivity contribution in [3.05, 3.63) is 29.8 Å². The van der Waals surface area contributed by atoms with E-state index in [2.05, 4.69) is 0 Å². The maximum absolute atomic E-state index is 12.6. The van der Waals surface area contributed by atoms with E-state index in [1.807, 2.05) is 43.1 Å². The summed E-state index contributed by atoms with van der Waals surface area (Å²) in [6.07, 6.45) is 1.46. The van der Waals surface area contributed by atoms with Gasteiger partial charge in [0, 0.05) is 45.8 Å². The molecule has 22 heavy (non-hydrogen) atoms. The summed E-state index contributed by atoms with van der Waals surface area (Å²) in [4.78, 5) is 29.7. The molecule has 1 saturated heterocycles. The second kappa shape index (κ2) is 6.81. The molecule has 1 aromatic carbocycles. The lowest BCUT2D eigenvalue weighted by Gasteiger charge is -2.34. The van der Waals surface area contributed by atoms with E-state index in [0.717, 1.165) is 18.5 Å². The first-order chi connectivity index (χ1) is 10.4. The van der Waals surface area contributed by atoms with E-state index in [1.54, 1.807) is 23.9 Å². The average Bonchev–Trinajstić information content (AvgIpc) is 2.53. The summed E-state index contributed by atoms with van der Waals surface area (Å²) >= 11 is 0. The third-order valence-corrected chi connectivity index (χ3v) is 4.25. The minimum Gasteiger partial charge on any atom is -0.331 e. The van der Waals surface area contributed by atoms with Gasteiger partial charge in [0.15, 0.2) is 0 Å². The van der Waals surface area contributed by atoms with E-state index in [9.17, 15) is 9.59 Å². The Balaban J connectivity index is 1.94. The van der Waals surface area contributed by atoms with Crippen molar-refractivity contribution < 1.29 is 9.59 Å². The molecule has 2 rings (SSSR count). The maximum Gasteiger partial charge on any atom is 0.319 e. The second-order valence-electron chi connectivity index (χ2n) is 6.17. The SMILES string of the molecule is Cc1ccc(N(C)C(=O)C2CCN(C(=O)N(C)C)CC2)cc1. The predicted molar refractivity (Wildman–Crippen MR) is 88.0 cm³/mol. The molecular weight excluding hydrogens is 278 g/mol. The summed E-state index contributed by atoms with van der Waals surface area (Å²) in [5.74, 6) is 0.137. The number of amides is 3. The highest BCUT2D eigenvalue weighted by Gasteiger charge is 2.29. The van der Waals surface area contributed by atoms with Crippen LogP contribution in [0, 0.1) is 12.8 Å². The van der Waals surface area contributed by atoms with Crippen LogP contribution in [0.15, 0.2) is 24.3 Å². The molecule has 1 aliphatic heterocycles. The van der Waals surface area contributed by atoms with Gasteiger partial charge >= 0.3 is 6.03 Å². The first-order valence-electron chi connectivity index (χ1n) is 7.70. The number of rotatable bonds is 2. The Hall–Kier alpha value is -2.04. The lowest BCUT2D eigenvalue weighted by atomic mass is 9.95. The van der Waals surface area contributed by atoms with Crippen molar-refractivity contribution in [1.29, 1.82) is 0 Å². The molecule has 0 radical (unpaired) electrons. The summed E-state index contributed by atoms with van der Waals surface area (Å²) in [7, 11) is 5.33. The topological polar surface area (TPSA) is 43.9 Å². The second-order valence-corrected chi connectivity index (χ2v) is 6.17. The van der Waals surface area contributed by atoms with E-state index in [-0.39, 0.29) is 17.9 Å². The van der Waals surface area contributed by atoms with Crippen molar-refractivity contribution in [1.82, 2.24) is 9.80 Å². The zero-order valence-electron chi connectivity index (χ0n) is 13.9. The van der Waals surface area contributed by atoms with Gasteiger partial charge in [0.25, 0.3) is 0 Å². The fraction of sp³-hybridized carbons (Fsp3) is 0.529.